The average Bonchev–Trinajstić information content (AvgIpc) is 2.53. The predicted octanol–water partition coefficient (Wildman–Crippen LogP) is 6.01. The minimum absolute atomic E-state index is 0.0920. The lowest BCUT2D eigenvalue weighted by atomic mass is 10.1. The molecule has 0 bridgehead atoms. The Kier molecular flexibility index (Phi) is 13.0. The summed E-state index contributed by atoms with van der Waals surface area (Å²) < 4.78 is 11.3. The first-order valence-electron chi connectivity index (χ1n) is 9.31. The second-order valence-electron chi connectivity index (χ2n) is 6.19. The van der Waals surface area contributed by atoms with Gasteiger partial charge >= 0.3 is 0 Å². The third-order valence-electron chi connectivity index (χ3n) is 4.10. The van der Waals surface area contributed by atoms with Gasteiger partial charge in [0.2, 0.25) is 0 Å². The molecule has 21 heavy (non-hydrogen) atoms. The lowest BCUT2D eigenvalue weighted by molar-refractivity contribution is -0.162. The molecule has 0 N–H and O–H groups in total. The maximum Gasteiger partial charge on any atom is 0.157 e. The van der Waals surface area contributed by atoms with Gasteiger partial charge in [-0.05, 0) is 51.4 Å². The molecule has 0 spiro atoms. The number of hydrogen-bond donors (Lipinski definition) is 0. The lowest BCUT2D eigenvalue weighted by Crippen LogP contribution is -2.22. The molecule has 1 heterocycles. The van der Waals surface area contributed by atoms with E-state index in [9.17, 15) is 0 Å². The van der Waals surface area contributed by atoms with Crippen LogP contribution in [0.25, 0.3) is 0 Å². The monoisotopic (exact) mass is 296 g/mol. The first kappa shape index (κ1) is 18.7. The van der Waals surface area contributed by atoms with E-state index < -0.39 is 0 Å². The zero-order chi connectivity index (χ0) is 15.0. The van der Waals surface area contributed by atoms with E-state index in [4.69, 9.17) is 9.47 Å². The fourth-order valence-electron chi connectivity index (χ4n) is 2.70. The fourth-order valence-corrected chi connectivity index (χ4v) is 2.70. The maximum absolute atomic E-state index is 5.74. The van der Waals surface area contributed by atoms with Crippen LogP contribution in [0.3, 0.4) is 0 Å². The molecule has 1 aliphatic heterocycles. The molecule has 0 aromatic rings. The minimum atomic E-state index is 0.0920. The highest BCUT2D eigenvalue weighted by Gasteiger charge is 2.13. The van der Waals surface area contributed by atoms with E-state index in [1.807, 2.05) is 0 Å². The standard InChI is InChI=1S/C19H36O2/c1-2-3-4-5-6-7-8-9-10-11-12-14-17-20-19-16-13-15-18-21-19/h7-8,19H,2-6,9-18H2,1H3/b8-7-. The Morgan fingerprint density at radius 1 is 0.905 bits per heavy atom. The molecular formula is C19H36O2. The largest absolute Gasteiger partial charge is 0.353 e. The van der Waals surface area contributed by atoms with Crippen LogP contribution in [-0.2, 0) is 9.47 Å². The molecule has 0 radical (unpaired) electrons. The Morgan fingerprint density at radius 2 is 1.62 bits per heavy atom. The summed E-state index contributed by atoms with van der Waals surface area (Å²) in [5, 5.41) is 0. The van der Waals surface area contributed by atoms with Gasteiger partial charge in [-0.25, -0.2) is 0 Å². The summed E-state index contributed by atoms with van der Waals surface area (Å²) in [4.78, 5) is 0. The van der Waals surface area contributed by atoms with Gasteiger partial charge < -0.3 is 9.47 Å². The first-order valence-corrected chi connectivity index (χ1v) is 9.31. The van der Waals surface area contributed by atoms with Crippen molar-refractivity contribution < 1.29 is 9.47 Å². The summed E-state index contributed by atoms with van der Waals surface area (Å²) in [6.45, 7) is 4.02. The summed E-state index contributed by atoms with van der Waals surface area (Å²) in [7, 11) is 0. The molecule has 0 aromatic heterocycles. The zero-order valence-corrected chi connectivity index (χ0v) is 14.2. The number of rotatable bonds is 13. The molecule has 0 aromatic carbocycles. The maximum atomic E-state index is 5.74. The molecule has 1 aliphatic rings. The van der Waals surface area contributed by atoms with Crippen LogP contribution in [0.15, 0.2) is 12.2 Å². The summed E-state index contributed by atoms with van der Waals surface area (Å²) in [5.41, 5.74) is 0. The molecule has 0 amide bonds. The molecule has 124 valence electrons. The van der Waals surface area contributed by atoms with Crippen LogP contribution >= 0.6 is 0 Å². The Labute approximate surface area is 132 Å². The Bertz CT molecular complexity index is 232. The molecule has 2 heteroatoms. The van der Waals surface area contributed by atoms with E-state index in [-0.39, 0.29) is 6.29 Å². The van der Waals surface area contributed by atoms with Crippen LogP contribution in [0.5, 0.6) is 0 Å². The topological polar surface area (TPSA) is 18.5 Å². The van der Waals surface area contributed by atoms with E-state index >= 15 is 0 Å². The Balaban J connectivity index is 1.75. The van der Waals surface area contributed by atoms with Crippen LogP contribution < -0.4 is 0 Å². The molecule has 0 saturated carbocycles. The van der Waals surface area contributed by atoms with E-state index in [1.54, 1.807) is 0 Å². The van der Waals surface area contributed by atoms with E-state index in [0.29, 0.717) is 0 Å². The Hall–Kier alpha value is -0.340. The van der Waals surface area contributed by atoms with Crippen molar-refractivity contribution in [2.45, 2.75) is 96.7 Å². The summed E-state index contributed by atoms with van der Waals surface area (Å²) in [6.07, 6.45) is 21.5. The second kappa shape index (κ2) is 14.6. The SMILES string of the molecule is CCCCCC/C=C\CCCCCCOC1CCCCO1. The van der Waals surface area contributed by atoms with Gasteiger partial charge in [0.25, 0.3) is 0 Å². The van der Waals surface area contributed by atoms with Crippen LogP contribution in [0, 0.1) is 0 Å². The smallest absolute Gasteiger partial charge is 0.157 e. The van der Waals surface area contributed by atoms with Gasteiger partial charge in [-0.2, -0.15) is 0 Å². The highest BCUT2D eigenvalue weighted by atomic mass is 16.7. The first-order chi connectivity index (χ1) is 10.4. The van der Waals surface area contributed by atoms with Crippen LogP contribution in [0.1, 0.15) is 90.4 Å². The highest BCUT2D eigenvalue weighted by Crippen LogP contribution is 2.14. The van der Waals surface area contributed by atoms with Crippen molar-refractivity contribution in [3.8, 4) is 0 Å². The minimum Gasteiger partial charge on any atom is -0.353 e. The van der Waals surface area contributed by atoms with E-state index in [0.717, 1.165) is 19.6 Å². The van der Waals surface area contributed by atoms with Crippen molar-refractivity contribution in [3.05, 3.63) is 12.2 Å². The lowest BCUT2D eigenvalue weighted by Gasteiger charge is -2.22. The van der Waals surface area contributed by atoms with Gasteiger partial charge in [0.05, 0.1) is 0 Å². The average molecular weight is 296 g/mol. The van der Waals surface area contributed by atoms with Crippen LogP contribution in [0.4, 0.5) is 0 Å². The summed E-state index contributed by atoms with van der Waals surface area (Å²) >= 11 is 0. The van der Waals surface area contributed by atoms with Crippen molar-refractivity contribution in [1.82, 2.24) is 0 Å². The highest BCUT2D eigenvalue weighted by molar-refractivity contribution is 4.81. The van der Waals surface area contributed by atoms with Gasteiger partial charge in [0.1, 0.15) is 0 Å². The normalized spacial score (nSPS) is 19.4. The number of allylic oxidation sites excluding steroid dienone is 2. The van der Waals surface area contributed by atoms with Gasteiger partial charge in [0, 0.05) is 13.2 Å². The fraction of sp³-hybridized carbons (Fsp3) is 0.895. The van der Waals surface area contributed by atoms with E-state index in [2.05, 4.69) is 19.1 Å². The summed E-state index contributed by atoms with van der Waals surface area (Å²) in [5.74, 6) is 0. The molecular weight excluding hydrogens is 260 g/mol. The predicted molar refractivity (Wildman–Crippen MR) is 90.5 cm³/mol. The molecule has 1 atom stereocenters. The van der Waals surface area contributed by atoms with Crippen LogP contribution in [0.2, 0.25) is 0 Å². The zero-order valence-electron chi connectivity index (χ0n) is 14.2. The second-order valence-corrected chi connectivity index (χ2v) is 6.19. The van der Waals surface area contributed by atoms with Crippen molar-refractivity contribution in [1.29, 1.82) is 0 Å². The van der Waals surface area contributed by atoms with Gasteiger partial charge in [-0.3, -0.25) is 0 Å². The van der Waals surface area contributed by atoms with Gasteiger partial charge in [-0.15, -0.1) is 0 Å². The molecule has 1 unspecified atom stereocenters. The van der Waals surface area contributed by atoms with Crippen molar-refractivity contribution >= 4 is 0 Å². The third-order valence-corrected chi connectivity index (χ3v) is 4.10. The molecule has 1 saturated heterocycles. The molecule has 1 fully saturated rings. The van der Waals surface area contributed by atoms with Crippen molar-refractivity contribution in [2.75, 3.05) is 13.2 Å². The molecule has 0 aliphatic carbocycles. The van der Waals surface area contributed by atoms with Gasteiger partial charge in [-0.1, -0.05) is 51.2 Å². The van der Waals surface area contributed by atoms with E-state index in [1.165, 1.54) is 77.0 Å². The number of ether oxygens (including phenoxy) is 2. The van der Waals surface area contributed by atoms with Crippen LogP contribution in [-0.4, -0.2) is 19.5 Å². The quantitative estimate of drug-likeness (QED) is 0.306. The summed E-state index contributed by atoms with van der Waals surface area (Å²) in [6, 6.07) is 0. The van der Waals surface area contributed by atoms with Crippen molar-refractivity contribution in [3.63, 3.8) is 0 Å². The van der Waals surface area contributed by atoms with Crippen molar-refractivity contribution in [2.24, 2.45) is 0 Å². The van der Waals surface area contributed by atoms with Gasteiger partial charge in [0.15, 0.2) is 6.29 Å². The Morgan fingerprint density at radius 3 is 2.29 bits per heavy atom. The molecule has 1 rings (SSSR count). The number of hydrogen-bond acceptors (Lipinski definition) is 2. The third kappa shape index (κ3) is 11.9. The number of unbranched alkanes of at least 4 members (excludes halogenated alkanes) is 8. The molecule has 2 nitrogen and oxygen atoms in total.